The van der Waals surface area contributed by atoms with Crippen LogP contribution in [-0.4, -0.2) is 159 Å². The van der Waals surface area contributed by atoms with E-state index in [0.29, 0.717) is 16.8 Å². The zero-order chi connectivity index (χ0) is 64.1. The maximum absolute atomic E-state index is 14.8. The van der Waals surface area contributed by atoms with Crippen molar-refractivity contribution in [1.82, 2.24) is 57.8 Å². The second-order valence-electron chi connectivity index (χ2n) is 20.6. The molecule has 0 aliphatic heterocycles. The first-order valence-corrected chi connectivity index (χ1v) is 29.5. The van der Waals surface area contributed by atoms with Gasteiger partial charge in [-0.15, -0.1) is 0 Å². The largest absolute Gasteiger partial charge is 0.391 e. The standard InChI is InChI=1S/C60H77N15O11S2/c1-35(76)51(52(61)79)75-59(86)48(32-87)69-50(78)24-26-65-53(80)44(29-39-20-22-41(23-21-39)40-17-10-5-11-18-40)71-54(81)43(19-12-25-66-60(62)63)70-56(83)46(28-38-15-8-4-9-16-38)72-57(84)47(30-42-31-64-34-67-42)73-58(85)49(33-88)74-55(82)45(68-36(2)77)27-37-13-6-3-7-14-37/h3-11,13-18,20-23,31,34-35,43-49,51,76,87-88H,12,19,24-30,32-33H2,1-2H3,(H2,61,79)(H,64,67)(H,65,80)(H,68,77)(H,69,78)(H,70,83)(H,71,81)(H,72,84)(H,73,85)(H,74,82)(H,75,86)(H4,62,63,66)/t35-,43+,44+,45-,46-,47+,48-,49+,51+/m1/s1. The number of imidazole rings is 1. The molecule has 0 aliphatic carbocycles. The summed E-state index contributed by atoms with van der Waals surface area (Å²) in [6.07, 6.45) is 0.847. The lowest BCUT2D eigenvalue weighted by atomic mass is 9.99. The van der Waals surface area contributed by atoms with Gasteiger partial charge in [-0.2, -0.15) is 25.3 Å². The Balaban J connectivity index is 1.39. The van der Waals surface area contributed by atoms with E-state index in [9.17, 15) is 53.1 Å². The van der Waals surface area contributed by atoms with E-state index in [-0.39, 0.29) is 75.5 Å². The predicted octanol–water partition coefficient (Wildman–Crippen LogP) is -1.47. The number of nitrogens with one attached hydrogen (secondary N) is 10. The second kappa shape index (κ2) is 36.0. The Morgan fingerprint density at radius 1 is 0.534 bits per heavy atom. The molecular formula is C60H77N15O11S2. The molecule has 470 valence electrons. The van der Waals surface area contributed by atoms with Crippen LogP contribution in [0.1, 0.15) is 55.5 Å². The van der Waals surface area contributed by atoms with Crippen LogP contribution in [0.4, 0.5) is 0 Å². The predicted molar refractivity (Wildman–Crippen MR) is 335 cm³/mol. The Labute approximate surface area is 520 Å². The van der Waals surface area contributed by atoms with Crippen molar-refractivity contribution < 1.29 is 53.1 Å². The van der Waals surface area contributed by atoms with Crippen molar-refractivity contribution in [3.63, 3.8) is 0 Å². The third kappa shape index (κ3) is 23.5. The molecule has 1 heterocycles. The average Bonchev–Trinajstić information content (AvgIpc) is 4.08. The summed E-state index contributed by atoms with van der Waals surface area (Å²) in [7, 11) is 0. The molecule has 0 saturated heterocycles. The van der Waals surface area contributed by atoms with Crippen LogP contribution >= 0.6 is 25.3 Å². The molecule has 5 rings (SSSR count). The summed E-state index contributed by atoms with van der Waals surface area (Å²) in [5.74, 6) is -8.47. The van der Waals surface area contributed by atoms with Gasteiger partial charge in [0.05, 0.1) is 12.4 Å². The van der Waals surface area contributed by atoms with E-state index in [1.165, 1.54) is 26.4 Å². The first-order chi connectivity index (χ1) is 42.1. The van der Waals surface area contributed by atoms with Gasteiger partial charge in [0.2, 0.25) is 59.1 Å². The van der Waals surface area contributed by atoms with Crippen LogP contribution in [0.25, 0.3) is 11.1 Å². The molecule has 5 aromatic rings. The number of aliphatic hydroxyl groups excluding tert-OH is 1. The lowest BCUT2D eigenvalue weighted by Crippen LogP contribution is -2.60. The van der Waals surface area contributed by atoms with Crippen LogP contribution in [0.2, 0.25) is 0 Å². The fourth-order valence-electron chi connectivity index (χ4n) is 8.99. The zero-order valence-corrected chi connectivity index (χ0v) is 50.4. The normalized spacial score (nSPS) is 14.0. The lowest BCUT2D eigenvalue weighted by Gasteiger charge is -2.27. The summed E-state index contributed by atoms with van der Waals surface area (Å²) in [5, 5.41) is 33.6. The number of primary amides is 1. The maximum Gasteiger partial charge on any atom is 0.244 e. The maximum atomic E-state index is 14.8. The number of carbonyl (C=O) groups is 10. The van der Waals surface area contributed by atoms with E-state index in [1.54, 1.807) is 72.8 Å². The van der Waals surface area contributed by atoms with Crippen LogP contribution in [0.5, 0.6) is 0 Å². The van der Waals surface area contributed by atoms with Crippen molar-refractivity contribution in [1.29, 1.82) is 0 Å². The van der Waals surface area contributed by atoms with Gasteiger partial charge in [0.1, 0.15) is 48.3 Å². The second-order valence-corrected chi connectivity index (χ2v) is 21.3. The van der Waals surface area contributed by atoms with Gasteiger partial charge in [-0.05, 0) is 47.6 Å². The Kier molecular flexibility index (Phi) is 28.4. The number of nitrogens with two attached hydrogens (primary N) is 3. The van der Waals surface area contributed by atoms with Gasteiger partial charge in [-0.25, -0.2) is 4.98 Å². The van der Waals surface area contributed by atoms with E-state index in [2.05, 4.69) is 88.1 Å². The fraction of sp³-hybridized carbons (Fsp3) is 0.367. The van der Waals surface area contributed by atoms with Gasteiger partial charge in [0.25, 0.3) is 0 Å². The van der Waals surface area contributed by atoms with Gasteiger partial charge < -0.3 is 75.1 Å². The summed E-state index contributed by atoms with van der Waals surface area (Å²) in [6, 6.07) is 23.6. The molecule has 17 N–H and O–H groups in total. The topological polar surface area (TPSA) is 418 Å². The molecule has 0 radical (unpaired) electrons. The molecule has 28 heteroatoms. The van der Waals surface area contributed by atoms with E-state index in [1.807, 2.05) is 42.5 Å². The highest BCUT2D eigenvalue weighted by Crippen LogP contribution is 2.20. The molecular weight excluding hydrogens is 1170 g/mol. The zero-order valence-electron chi connectivity index (χ0n) is 48.6. The summed E-state index contributed by atoms with van der Waals surface area (Å²) < 4.78 is 0. The van der Waals surface area contributed by atoms with Gasteiger partial charge >= 0.3 is 0 Å². The van der Waals surface area contributed by atoms with Gasteiger partial charge in [0, 0.05) is 75.5 Å². The molecule has 0 unspecified atom stereocenters. The van der Waals surface area contributed by atoms with Gasteiger partial charge in [-0.1, -0.05) is 115 Å². The highest BCUT2D eigenvalue weighted by atomic mass is 32.1. The monoisotopic (exact) mass is 1250 g/mol. The minimum atomic E-state index is -1.45. The lowest BCUT2D eigenvalue weighted by molar-refractivity contribution is -0.135. The Morgan fingerprint density at radius 3 is 1.45 bits per heavy atom. The van der Waals surface area contributed by atoms with E-state index < -0.39 is 114 Å². The van der Waals surface area contributed by atoms with Crippen LogP contribution in [0.3, 0.4) is 0 Å². The minimum absolute atomic E-state index is 0.0254. The first-order valence-electron chi connectivity index (χ1n) is 28.2. The highest BCUT2D eigenvalue weighted by molar-refractivity contribution is 7.80. The van der Waals surface area contributed by atoms with Gasteiger partial charge in [0.15, 0.2) is 5.96 Å². The molecule has 88 heavy (non-hydrogen) atoms. The Bertz CT molecular complexity index is 3140. The molecule has 0 saturated carbocycles. The molecule has 10 amide bonds. The molecule has 0 fully saturated rings. The number of amides is 10. The average molecular weight is 1250 g/mol. The van der Waals surface area contributed by atoms with Crippen molar-refractivity contribution in [3.8, 4) is 11.1 Å². The molecule has 0 bridgehead atoms. The van der Waals surface area contributed by atoms with E-state index >= 15 is 0 Å². The third-order valence-electron chi connectivity index (χ3n) is 13.6. The molecule has 0 aliphatic rings. The first kappa shape index (κ1) is 69.5. The summed E-state index contributed by atoms with van der Waals surface area (Å²) in [4.78, 5) is 147. The minimum Gasteiger partial charge on any atom is -0.391 e. The number of thiol groups is 2. The van der Waals surface area contributed by atoms with Crippen LogP contribution in [0, 0.1) is 0 Å². The molecule has 9 atom stereocenters. The number of aliphatic imine (C=N–C) groups is 1. The molecule has 4 aromatic carbocycles. The number of nitrogens with zero attached hydrogens (tertiary/aromatic N) is 2. The summed E-state index contributed by atoms with van der Waals surface area (Å²) in [5.41, 5.74) is 20.7. The number of guanidine groups is 1. The smallest absolute Gasteiger partial charge is 0.244 e. The van der Waals surface area contributed by atoms with E-state index in [4.69, 9.17) is 17.2 Å². The quantitative estimate of drug-likeness (QED) is 0.00954. The number of H-pyrrole nitrogens is 1. The number of aromatic amines is 1. The third-order valence-corrected chi connectivity index (χ3v) is 14.3. The summed E-state index contributed by atoms with van der Waals surface area (Å²) in [6.45, 7) is 2.24. The van der Waals surface area contributed by atoms with Crippen LogP contribution in [0.15, 0.2) is 133 Å². The van der Waals surface area contributed by atoms with Crippen molar-refractivity contribution in [3.05, 3.63) is 150 Å². The van der Waals surface area contributed by atoms with Crippen molar-refractivity contribution in [2.24, 2.45) is 22.2 Å². The molecule has 0 spiro atoms. The number of carbonyl (C=O) groups excluding carboxylic acids is 10. The van der Waals surface area contributed by atoms with Crippen LogP contribution < -0.4 is 65.1 Å². The number of rotatable bonds is 35. The van der Waals surface area contributed by atoms with E-state index in [0.717, 1.165) is 16.7 Å². The fourth-order valence-corrected chi connectivity index (χ4v) is 9.51. The number of hydrogen-bond acceptors (Lipinski definition) is 15. The molecule has 1 aromatic heterocycles. The van der Waals surface area contributed by atoms with Crippen LogP contribution in [-0.2, 0) is 73.6 Å². The number of benzene rings is 4. The SMILES string of the molecule is CC(=O)N[C@H](Cc1ccccc1)C(=O)N[C@@H](CS)C(=O)N[C@@H](Cc1cnc[nH]1)C(=O)N[C@H](Cc1ccccc1)C(=O)N[C@@H](CCCN=C(N)N)C(=O)N[C@@H](Cc1ccc(-c2ccccc2)cc1)C(=O)NCCC(=O)N[C@H](CS)C(=O)N[C@H](C(N)=O)[C@@H](C)O. The van der Waals surface area contributed by atoms with Crippen molar-refractivity contribution >= 4 is 90.3 Å². The Morgan fingerprint density at radius 2 is 0.966 bits per heavy atom. The van der Waals surface area contributed by atoms with Crippen molar-refractivity contribution in [2.75, 3.05) is 24.6 Å². The highest BCUT2D eigenvalue weighted by Gasteiger charge is 2.35. The number of aromatic nitrogens is 2. The van der Waals surface area contributed by atoms with Gasteiger partial charge in [-0.3, -0.25) is 52.9 Å². The molecule has 26 nitrogen and oxygen atoms in total. The number of hydrogen-bond donors (Lipinski definition) is 16. The summed E-state index contributed by atoms with van der Waals surface area (Å²) >= 11 is 8.48. The Hall–Kier alpha value is -9.28. The van der Waals surface area contributed by atoms with Crippen molar-refractivity contribution in [2.45, 2.75) is 113 Å². The number of aliphatic hydroxyl groups is 1.